The van der Waals surface area contributed by atoms with Gasteiger partial charge in [0.15, 0.2) is 5.16 Å². The Hall–Kier alpha value is -1.82. The second-order valence-electron chi connectivity index (χ2n) is 5.65. The Bertz CT molecular complexity index is 639. The molecule has 116 valence electrons. The zero-order valence-corrected chi connectivity index (χ0v) is 13.6. The van der Waals surface area contributed by atoms with Gasteiger partial charge in [-0.2, -0.15) is 0 Å². The minimum Gasteiger partial charge on any atom is -0.349 e. The summed E-state index contributed by atoms with van der Waals surface area (Å²) in [5.41, 5.74) is 1.11. The van der Waals surface area contributed by atoms with Crippen LogP contribution in [0.5, 0.6) is 0 Å². The van der Waals surface area contributed by atoms with E-state index >= 15 is 0 Å². The number of carbonyl (C=O) groups excluding carboxylic acids is 1. The standard InChI is InChI=1S/C16H20N4OS/c1-11(13-6-4-3-5-7-13)18-15(21)12(2)22-16-19-17-10-20(16)14-8-9-14/h3-7,10-12,14H,8-9H2,1-2H3,(H,18,21). The number of carbonyl (C=O) groups is 1. The maximum atomic E-state index is 12.4. The van der Waals surface area contributed by atoms with Crippen molar-refractivity contribution < 1.29 is 4.79 Å². The molecule has 0 radical (unpaired) electrons. The summed E-state index contributed by atoms with van der Waals surface area (Å²) in [4.78, 5) is 12.4. The summed E-state index contributed by atoms with van der Waals surface area (Å²) in [5.74, 6) is 0.0201. The number of amides is 1. The van der Waals surface area contributed by atoms with Crippen LogP contribution in [-0.4, -0.2) is 25.9 Å². The van der Waals surface area contributed by atoms with Crippen LogP contribution in [0.15, 0.2) is 41.8 Å². The van der Waals surface area contributed by atoms with Gasteiger partial charge in [0, 0.05) is 6.04 Å². The van der Waals surface area contributed by atoms with Gasteiger partial charge in [-0.3, -0.25) is 4.79 Å². The zero-order chi connectivity index (χ0) is 15.5. The summed E-state index contributed by atoms with van der Waals surface area (Å²) in [5, 5.41) is 11.8. The third kappa shape index (κ3) is 3.50. The first-order valence-corrected chi connectivity index (χ1v) is 8.44. The molecule has 1 heterocycles. The predicted molar refractivity (Wildman–Crippen MR) is 86.6 cm³/mol. The average molecular weight is 316 g/mol. The van der Waals surface area contributed by atoms with Crippen LogP contribution in [0, 0.1) is 0 Å². The summed E-state index contributed by atoms with van der Waals surface area (Å²) >= 11 is 1.47. The van der Waals surface area contributed by atoms with Gasteiger partial charge < -0.3 is 9.88 Å². The lowest BCUT2D eigenvalue weighted by Crippen LogP contribution is -2.33. The van der Waals surface area contributed by atoms with Crippen LogP contribution in [-0.2, 0) is 4.79 Å². The number of hydrogen-bond donors (Lipinski definition) is 1. The quantitative estimate of drug-likeness (QED) is 0.832. The Morgan fingerprint density at radius 3 is 2.73 bits per heavy atom. The Morgan fingerprint density at radius 2 is 2.05 bits per heavy atom. The van der Waals surface area contributed by atoms with Gasteiger partial charge in [0.05, 0.1) is 11.3 Å². The molecule has 1 aliphatic carbocycles. The van der Waals surface area contributed by atoms with E-state index in [2.05, 4.69) is 20.1 Å². The lowest BCUT2D eigenvalue weighted by Gasteiger charge is -2.17. The molecule has 0 spiro atoms. The summed E-state index contributed by atoms with van der Waals surface area (Å²) in [6.45, 7) is 3.90. The number of nitrogens with one attached hydrogen (secondary N) is 1. The molecule has 2 unspecified atom stereocenters. The molecule has 1 N–H and O–H groups in total. The molecule has 1 aromatic heterocycles. The second kappa shape index (κ2) is 6.52. The fraction of sp³-hybridized carbons (Fsp3) is 0.438. The van der Waals surface area contributed by atoms with Crippen molar-refractivity contribution in [1.29, 1.82) is 0 Å². The predicted octanol–water partition coefficient (Wildman–Crippen LogP) is 2.97. The number of benzene rings is 1. The fourth-order valence-electron chi connectivity index (χ4n) is 2.29. The zero-order valence-electron chi connectivity index (χ0n) is 12.8. The van der Waals surface area contributed by atoms with Gasteiger partial charge in [0.25, 0.3) is 0 Å². The third-order valence-corrected chi connectivity index (χ3v) is 4.86. The molecule has 0 saturated heterocycles. The molecular formula is C16H20N4OS. The Labute approximate surface area is 134 Å². The van der Waals surface area contributed by atoms with Crippen LogP contribution in [0.3, 0.4) is 0 Å². The van der Waals surface area contributed by atoms with Crippen molar-refractivity contribution in [1.82, 2.24) is 20.1 Å². The van der Waals surface area contributed by atoms with Gasteiger partial charge in [-0.15, -0.1) is 10.2 Å². The fourth-order valence-corrected chi connectivity index (χ4v) is 3.19. The molecule has 1 amide bonds. The van der Waals surface area contributed by atoms with Gasteiger partial charge in [-0.05, 0) is 32.3 Å². The van der Waals surface area contributed by atoms with E-state index in [4.69, 9.17) is 0 Å². The van der Waals surface area contributed by atoms with Crippen LogP contribution in [0.1, 0.15) is 44.3 Å². The van der Waals surface area contributed by atoms with E-state index in [1.54, 1.807) is 6.33 Å². The van der Waals surface area contributed by atoms with Crippen molar-refractivity contribution in [2.24, 2.45) is 0 Å². The molecule has 22 heavy (non-hydrogen) atoms. The highest BCUT2D eigenvalue weighted by Gasteiger charge is 2.28. The SMILES string of the molecule is CC(Sc1nncn1C1CC1)C(=O)NC(C)c1ccccc1. The molecular weight excluding hydrogens is 296 g/mol. The minimum atomic E-state index is -0.201. The molecule has 1 saturated carbocycles. The Morgan fingerprint density at radius 1 is 1.32 bits per heavy atom. The molecule has 1 aliphatic rings. The molecule has 1 aromatic carbocycles. The van der Waals surface area contributed by atoms with Gasteiger partial charge in [0.1, 0.15) is 6.33 Å². The topological polar surface area (TPSA) is 59.8 Å². The number of nitrogens with zero attached hydrogens (tertiary/aromatic N) is 3. The monoisotopic (exact) mass is 316 g/mol. The summed E-state index contributed by atoms with van der Waals surface area (Å²) in [6, 6.07) is 10.5. The van der Waals surface area contributed by atoms with E-state index in [9.17, 15) is 4.79 Å². The molecule has 5 nitrogen and oxygen atoms in total. The van der Waals surface area contributed by atoms with Gasteiger partial charge in [-0.1, -0.05) is 42.1 Å². The van der Waals surface area contributed by atoms with Crippen molar-refractivity contribution >= 4 is 17.7 Å². The van der Waals surface area contributed by atoms with Crippen LogP contribution in [0.2, 0.25) is 0 Å². The normalized spacial score (nSPS) is 17.0. The Balaban J connectivity index is 1.58. The smallest absolute Gasteiger partial charge is 0.233 e. The highest BCUT2D eigenvalue weighted by molar-refractivity contribution is 8.00. The van der Waals surface area contributed by atoms with Crippen LogP contribution in [0.25, 0.3) is 0 Å². The number of thioether (sulfide) groups is 1. The van der Waals surface area contributed by atoms with Gasteiger partial charge in [0.2, 0.25) is 5.91 Å². The first-order chi connectivity index (χ1) is 10.6. The highest BCUT2D eigenvalue weighted by atomic mass is 32.2. The molecule has 2 atom stereocenters. The maximum Gasteiger partial charge on any atom is 0.233 e. The van der Waals surface area contributed by atoms with E-state index in [1.807, 2.05) is 44.2 Å². The lowest BCUT2D eigenvalue weighted by molar-refractivity contribution is -0.120. The highest BCUT2D eigenvalue weighted by Crippen LogP contribution is 2.38. The van der Waals surface area contributed by atoms with Gasteiger partial charge >= 0.3 is 0 Å². The van der Waals surface area contributed by atoms with Crippen molar-refractivity contribution in [3.05, 3.63) is 42.2 Å². The van der Waals surface area contributed by atoms with Crippen molar-refractivity contribution in [3.63, 3.8) is 0 Å². The summed E-state index contributed by atoms with van der Waals surface area (Å²) in [6.07, 6.45) is 4.12. The number of hydrogen-bond acceptors (Lipinski definition) is 4. The van der Waals surface area contributed by atoms with E-state index in [0.717, 1.165) is 10.7 Å². The van der Waals surface area contributed by atoms with E-state index < -0.39 is 0 Å². The molecule has 1 fully saturated rings. The second-order valence-corrected chi connectivity index (χ2v) is 6.96. The van der Waals surface area contributed by atoms with Crippen molar-refractivity contribution in [3.8, 4) is 0 Å². The third-order valence-electron chi connectivity index (χ3n) is 3.79. The first kappa shape index (κ1) is 15.1. The lowest BCUT2D eigenvalue weighted by atomic mass is 10.1. The molecule has 3 rings (SSSR count). The first-order valence-electron chi connectivity index (χ1n) is 7.56. The summed E-state index contributed by atoms with van der Waals surface area (Å²) < 4.78 is 2.08. The minimum absolute atomic E-state index is 0.00180. The molecule has 0 bridgehead atoms. The molecule has 6 heteroatoms. The van der Waals surface area contributed by atoms with Crippen LogP contribution < -0.4 is 5.32 Å². The molecule has 0 aliphatic heterocycles. The van der Waals surface area contributed by atoms with E-state index in [1.165, 1.54) is 24.6 Å². The molecule has 2 aromatic rings. The summed E-state index contributed by atoms with van der Waals surface area (Å²) in [7, 11) is 0. The van der Waals surface area contributed by atoms with Crippen molar-refractivity contribution in [2.45, 2.75) is 49.2 Å². The van der Waals surface area contributed by atoms with Crippen LogP contribution in [0.4, 0.5) is 0 Å². The van der Waals surface area contributed by atoms with Crippen molar-refractivity contribution in [2.75, 3.05) is 0 Å². The number of aromatic nitrogens is 3. The largest absolute Gasteiger partial charge is 0.349 e. The van der Waals surface area contributed by atoms with E-state index in [-0.39, 0.29) is 17.2 Å². The Kier molecular flexibility index (Phi) is 4.47. The van der Waals surface area contributed by atoms with Gasteiger partial charge in [-0.25, -0.2) is 0 Å². The van der Waals surface area contributed by atoms with Crippen LogP contribution >= 0.6 is 11.8 Å². The average Bonchev–Trinajstić information content (AvgIpc) is 3.28. The number of rotatable bonds is 6. The van der Waals surface area contributed by atoms with E-state index in [0.29, 0.717) is 6.04 Å². The maximum absolute atomic E-state index is 12.4.